The van der Waals surface area contributed by atoms with Gasteiger partial charge >= 0.3 is 10.4 Å². The Morgan fingerprint density at radius 3 is 1.64 bits per heavy atom. The van der Waals surface area contributed by atoms with Crippen LogP contribution in [-0.2, 0) is 28.9 Å². The van der Waals surface area contributed by atoms with Gasteiger partial charge in [-0.15, -0.1) is 0 Å². The van der Waals surface area contributed by atoms with Crippen LogP contribution in [0.5, 0.6) is 0 Å². The zero-order chi connectivity index (χ0) is 42.9. The van der Waals surface area contributed by atoms with Crippen molar-refractivity contribution in [3.63, 3.8) is 0 Å². The summed E-state index contributed by atoms with van der Waals surface area (Å²) >= 11 is 0. The highest BCUT2D eigenvalue weighted by atomic mass is 32.3. The van der Waals surface area contributed by atoms with Crippen molar-refractivity contribution in [2.75, 3.05) is 13.2 Å². The van der Waals surface area contributed by atoms with Gasteiger partial charge in [-0.25, -0.2) is 4.18 Å². The van der Waals surface area contributed by atoms with E-state index < -0.39 is 78.5 Å². The molecule has 14 heteroatoms. The molecule has 1 rings (SSSR count). The van der Waals surface area contributed by atoms with Gasteiger partial charge < -0.3 is 40.3 Å². The van der Waals surface area contributed by atoms with E-state index in [1.165, 1.54) is 89.9 Å². The fraction of sp³-hybridized carbons (Fsp3) is 0.886. The summed E-state index contributed by atoms with van der Waals surface area (Å²) in [4.78, 5) is 13.1. The molecule has 342 valence electrons. The molecule has 0 aromatic carbocycles. The number of carbonyl (C=O) groups excluding carboxylic acids is 1. The van der Waals surface area contributed by atoms with E-state index >= 15 is 0 Å². The number of nitrogens with one attached hydrogen (secondary N) is 1. The Kier molecular flexibility index (Phi) is 33.1. The molecule has 0 aromatic heterocycles. The molecule has 0 spiro atoms. The van der Waals surface area contributed by atoms with Gasteiger partial charge in [-0.3, -0.25) is 9.35 Å². The Bertz CT molecular complexity index is 1160. The van der Waals surface area contributed by atoms with Gasteiger partial charge in [0.2, 0.25) is 5.91 Å². The van der Waals surface area contributed by atoms with E-state index in [0.717, 1.165) is 57.8 Å². The highest BCUT2D eigenvalue weighted by Crippen LogP contribution is 2.26. The average Bonchev–Trinajstić information content (AvgIpc) is 3.19. The van der Waals surface area contributed by atoms with Crippen LogP contribution in [0.25, 0.3) is 0 Å². The molecule has 1 amide bonds. The van der Waals surface area contributed by atoms with Gasteiger partial charge in [-0.2, -0.15) is 8.42 Å². The first-order valence-corrected chi connectivity index (χ1v) is 24.2. The molecule has 1 aliphatic heterocycles. The van der Waals surface area contributed by atoms with Gasteiger partial charge in [-0.1, -0.05) is 173 Å². The summed E-state index contributed by atoms with van der Waals surface area (Å²) in [5, 5.41) is 55.3. The molecule has 0 saturated carbocycles. The van der Waals surface area contributed by atoms with Gasteiger partial charge in [-0.05, 0) is 38.5 Å². The van der Waals surface area contributed by atoms with Crippen molar-refractivity contribution in [3.8, 4) is 0 Å². The molecule has 8 atom stereocenters. The molecule has 13 nitrogen and oxygen atoms in total. The van der Waals surface area contributed by atoms with Crippen LogP contribution in [0.15, 0.2) is 24.3 Å². The molecule has 7 N–H and O–H groups in total. The van der Waals surface area contributed by atoms with E-state index in [0.29, 0.717) is 19.3 Å². The third kappa shape index (κ3) is 27.4. The normalized spacial score (nSPS) is 21.8. The first kappa shape index (κ1) is 54.6. The Labute approximate surface area is 351 Å². The van der Waals surface area contributed by atoms with Crippen LogP contribution < -0.4 is 5.32 Å². The molecule has 0 bridgehead atoms. The van der Waals surface area contributed by atoms with Gasteiger partial charge in [0.05, 0.1) is 25.4 Å². The predicted octanol–water partition coefficient (Wildman–Crippen LogP) is 7.52. The second kappa shape index (κ2) is 35.2. The first-order chi connectivity index (χ1) is 27.9. The van der Waals surface area contributed by atoms with Crippen molar-refractivity contribution in [1.82, 2.24) is 5.32 Å². The fourth-order valence-corrected chi connectivity index (χ4v) is 7.73. The summed E-state index contributed by atoms with van der Waals surface area (Å²) < 4.78 is 47.5. The summed E-state index contributed by atoms with van der Waals surface area (Å²) in [6, 6.07) is -1.03. The maximum atomic E-state index is 13.1. The number of aliphatic hydroxyl groups excluding tert-OH is 5. The SMILES string of the molecule is CCCCC/C=C\C=C/CCCCCCCCCCCC(O)C(=O)NC(COC1OC(CO)C(O)C(OS(=O)(=O)O)C1O)C(O)CCCCCCCCCCCCC. The highest BCUT2D eigenvalue weighted by molar-refractivity contribution is 7.80. The smallest absolute Gasteiger partial charge is 0.394 e. The summed E-state index contributed by atoms with van der Waals surface area (Å²) in [6.45, 7) is 3.22. The van der Waals surface area contributed by atoms with E-state index in [-0.39, 0.29) is 6.42 Å². The second-order valence-electron chi connectivity index (χ2n) is 16.2. The largest absolute Gasteiger partial charge is 0.397 e. The summed E-state index contributed by atoms with van der Waals surface area (Å²) in [6.07, 6.45) is 26.5. The average molecular weight is 850 g/mol. The minimum atomic E-state index is -5.11. The van der Waals surface area contributed by atoms with E-state index in [2.05, 4.69) is 47.7 Å². The molecule has 1 fully saturated rings. The Balaban J connectivity index is 2.54. The molecule has 58 heavy (non-hydrogen) atoms. The lowest BCUT2D eigenvalue weighted by Crippen LogP contribution is -2.61. The molecule has 1 heterocycles. The van der Waals surface area contributed by atoms with Gasteiger partial charge in [0.15, 0.2) is 6.29 Å². The van der Waals surface area contributed by atoms with Crippen LogP contribution in [0.1, 0.15) is 187 Å². The summed E-state index contributed by atoms with van der Waals surface area (Å²) in [7, 11) is -5.11. The summed E-state index contributed by atoms with van der Waals surface area (Å²) in [5.74, 6) is -0.675. The minimum Gasteiger partial charge on any atom is -0.394 e. The van der Waals surface area contributed by atoms with Crippen LogP contribution >= 0.6 is 0 Å². The van der Waals surface area contributed by atoms with Crippen molar-refractivity contribution in [2.24, 2.45) is 0 Å². The van der Waals surface area contributed by atoms with Gasteiger partial charge in [0.25, 0.3) is 0 Å². The zero-order valence-electron chi connectivity index (χ0n) is 36.0. The minimum absolute atomic E-state index is 0.255. The van der Waals surface area contributed by atoms with Crippen molar-refractivity contribution < 1.29 is 57.0 Å². The number of ether oxygens (including phenoxy) is 2. The van der Waals surface area contributed by atoms with E-state index in [4.69, 9.17) is 14.0 Å². The van der Waals surface area contributed by atoms with Crippen LogP contribution in [0.4, 0.5) is 0 Å². The van der Waals surface area contributed by atoms with Gasteiger partial charge in [0, 0.05) is 0 Å². The van der Waals surface area contributed by atoms with Crippen LogP contribution in [0.2, 0.25) is 0 Å². The lowest BCUT2D eigenvalue weighted by Gasteiger charge is -2.41. The highest BCUT2D eigenvalue weighted by Gasteiger charge is 2.48. The lowest BCUT2D eigenvalue weighted by molar-refractivity contribution is -0.298. The first-order valence-electron chi connectivity index (χ1n) is 22.8. The van der Waals surface area contributed by atoms with Crippen molar-refractivity contribution >= 4 is 16.3 Å². The Morgan fingerprint density at radius 2 is 1.14 bits per heavy atom. The maximum Gasteiger partial charge on any atom is 0.397 e. The predicted molar refractivity (Wildman–Crippen MR) is 228 cm³/mol. The second-order valence-corrected chi connectivity index (χ2v) is 17.2. The zero-order valence-corrected chi connectivity index (χ0v) is 36.8. The Morgan fingerprint density at radius 1 is 0.690 bits per heavy atom. The Hall–Kier alpha value is -1.46. The van der Waals surface area contributed by atoms with Crippen molar-refractivity contribution in [1.29, 1.82) is 0 Å². The number of hydrogen-bond acceptors (Lipinski definition) is 11. The van der Waals surface area contributed by atoms with E-state index in [1.807, 2.05) is 0 Å². The maximum absolute atomic E-state index is 13.1. The fourth-order valence-electron chi connectivity index (χ4n) is 7.22. The van der Waals surface area contributed by atoms with E-state index in [9.17, 15) is 38.7 Å². The van der Waals surface area contributed by atoms with Crippen molar-refractivity contribution in [3.05, 3.63) is 24.3 Å². The number of rotatable bonds is 38. The molecule has 0 radical (unpaired) electrons. The number of aliphatic hydroxyl groups is 5. The topological polar surface area (TPSA) is 212 Å². The molecule has 0 aliphatic carbocycles. The molecular weight excluding hydrogens is 767 g/mol. The number of amides is 1. The van der Waals surface area contributed by atoms with Crippen LogP contribution in [0, 0.1) is 0 Å². The standard InChI is InChI=1S/C44H83NO12S/c1-3-5-7-9-11-13-15-16-17-18-19-20-21-23-25-27-29-31-33-38(48)43(51)45-36(37(47)32-30-28-26-24-22-14-12-10-8-6-4-2)35-55-44-41(50)42(57-58(52,53)54)40(49)39(34-46)56-44/h11,13,15-16,36-42,44,46-50H,3-10,12,14,17-35H2,1-2H3,(H,45,51)(H,52,53,54)/b13-11-,16-15-. The van der Waals surface area contributed by atoms with E-state index in [1.54, 1.807) is 0 Å². The third-order valence-electron chi connectivity index (χ3n) is 10.9. The number of unbranched alkanes of at least 4 members (excludes halogenated alkanes) is 22. The van der Waals surface area contributed by atoms with Crippen LogP contribution in [-0.4, -0.2) is 107 Å². The van der Waals surface area contributed by atoms with Gasteiger partial charge in [0.1, 0.15) is 30.5 Å². The van der Waals surface area contributed by atoms with Crippen LogP contribution in [0.3, 0.4) is 0 Å². The molecule has 1 aliphatic rings. The molecule has 0 aromatic rings. The molecular formula is C44H83NO12S. The monoisotopic (exact) mass is 850 g/mol. The summed E-state index contributed by atoms with van der Waals surface area (Å²) in [5.41, 5.74) is 0. The molecule has 8 unspecified atom stereocenters. The number of carbonyl (C=O) groups is 1. The number of hydrogen-bond donors (Lipinski definition) is 7. The quantitative estimate of drug-likeness (QED) is 0.0183. The number of allylic oxidation sites excluding steroid dienone is 4. The third-order valence-corrected chi connectivity index (χ3v) is 11.4. The van der Waals surface area contributed by atoms with Crippen molar-refractivity contribution in [2.45, 2.75) is 236 Å². The molecule has 1 saturated heterocycles. The lowest BCUT2D eigenvalue weighted by atomic mass is 9.99.